The molecule has 2 rings (SSSR count). The first-order valence-corrected chi connectivity index (χ1v) is 10.4. The van der Waals surface area contributed by atoms with Gasteiger partial charge in [0.25, 0.3) is 0 Å². The zero-order valence-corrected chi connectivity index (χ0v) is 16.3. The number of carbonyl (C=O) groups excluding carboxylic acids is 1. The zero-order chi connectivity index (χ0) is 16.7. The third-order valence-corrected chi connectivity index (χ3v) is 6.52. The van der Waals surface area contributed by atoms with Crippen LogP contribution in [-0.4, -0.2) is 30.5 Å². The van der Waals surface area contributed by atoms with E-state index in [-0.39, 0.29) is 5.78 Å². The van der Waals surface area contributed by atoms with Gasteiger partial charge in [0.05, 0.1) is 0 Å². The first-order valence-electron chi connectivity index (χ1n) is 8.02. The number of nitrogens with zero attached hydrogens (tertiary/aromatic N) is 1. The van der Waals surface area contributed by atoms with Gasteiger partial charge in [-0.25, -0.2) is 0 Å². The van der Waals surface area contributed by atoms with Crippen molar-refractivity contribution >= 4 is 39.8 Å². The van der Waals surface area contributed by atoms with Crippen molar-refractivity contribution in [3.8, 4) is 0 Å². The Morgan fingerprint density at radius 1 is 1.00 bits per heavy atom. The van der Waals surface area contributed by atoms with Crippen molar-refractivity contribution in [3.63, 3.8) is 0 Å². The fourth-order valence-electron chi connectivity index (χ4n) is 2.27. The second-order valence-electron chi connectivity index (χ2n) is 5.60. The van der Waals surface area contributed by atoms with E-state index in [4.69, 9.17) is 4.99 Å². The van der Waals surface area contributed by atoms with Gasteiger partial charge in [-0.1, -0.05) is 0 Å². The fourth-order valence-corrected chi connectivity index (χ4v) is 4.75. The van der Waals surface area contributed by atoms with Crippen molar-refractivity contribution in [1.82, 2.24) is 0 Å². The Morgan fingerprint density at radius 2 is 1.65 bits per heavy atom. The fraction of sp³-hybridized carbons (Fsp3) is 0.300. The molecule has 0 heterocycles. The molecule has 0 aliphatic carbocycles. The predicted molar refractivity (Wildman–Crippen MR) is 99.4 cm³/mol. The quantitative estimate of drug-likeness (QED) is 0.489. The van der Waals surface area contributed by atoms with E-state index < -0.39 is 20.9 Å². The molecule has 0 atom stereocenters. The summed E-state index contributed by atoms with van der Waals surface area (Å²) >= 11 is -0.756. The summed E-state index contributed by atoms with van der Waals surface area (Å²) in [4.78, 5) is 17.5. The standard InChI is InChI=1S/C20H23NOTe/c1-4-5-14-18(22)20(23-17-12-7-6-8-13-17)21-19-15(2)10-9-11-16(19)3/h6-13H,4-5,14H2,1-3H3. The molecule has 2 nitrogen and oxygen atoms in total. The molecule has 0 bridgehead atoms. The molecule has 0 radical (unpaired) electrons. The summed E-state index contributed by atoms with van der Waals surface area (Å²) in [6, 6.07) is 16.4. The van der Waals surface area contributed by atoms with Gasteiger partial charge in [0.1, 0.15) is 0 Å². The van der Waals surface area contributed by atoms with Gasteiger partial charge in [-0.05, 0) is 0 Å². The molecule has 0 saturated heterocycles. The molecule has 0 fully saturated rings. The van der Waals surface area contributed by atoms with Crippen LogP contribution < -0.4 is 3.61 Å². The number of hydrogen-bond acceptors (Lipinski definition) is 2. The number of benzene rings is 2. The zero-order valence-electron chi connectivity index (χ0n) is 14.0. The van der Waals surface area contributed by atoms with Crippen LogP contribution >= 0.6 is 0 Å². The van der Waals surface area contributed by atoms with E-state index in [1.54, 1.807) is 0 Å². The SMILES string of the molecule is CCCCC(=O)C(=Nc1c(C)cccc1C)[Te]c1ccccc1. The van der Waals surface area contributed by atoms with Crippen LogP contribution in [0.15, 0.2) is 53.5 Å². The normalized spacial score (nSPS) is 11.5. The van der Waals surface area contributed by atoms with E-state index in [0.717, 1.165) is 33.4 Å². The van der Waals surface area contributed by atoms with Crippen molar-refractivity contribution in [3.05, 3.63) is 59.7 Å². The maximum atomic E-state index is 12.6. The summed E-state index contributed by atoms with van der Waals surface area (Å²) in [7, 11) is 0. The van der Waals surface area contributed by atoms with E-state index in [1.165, 1.54) is 3.61 Å². The molecule has 0 unspecified atom stereocenters. The number of Topliss-reactive ketones (excluding diaryl/α,β-unsaturated/α-hetero) is 1. The van der Waals surface area contributed by atoms with Gasteiger partial charge in [0.2, 0.25) is 0 Å². The average Bonchev–Trinajstić information content (AvgIpc) is 2.56. The summed E-state index contributed by atoms with van der Waals surface area (Å²) in [5.41, 5.74) is 3.23. The van der Waals surface area contributed by atoms with Crippen molar-refractivity contribution in [2.24, 2.45) is 4.99 Å². The van der Waals surface area contributed by atoms with Gasteiger partial charge >= 0.3 is 149 Å². The molecular formula is C20H23NOTe. The number of carbonyl (C=O) groups is 1. The van der Waals surface area contributed by atoms with E-state index >= 15 is 0 Å². The van der Waals surface area contributed by atoms with Crippen LogP contribution in [0.3, 0.4) is 0 Å². The van der Waals surface area contributed by atoms with Gasteiger partial charge in [0, 0.05) is 0 Å². The van der Waals surface area contributed by atoms with Crippen LogP contribution in [0.25, 0.3) is 0 Å². The van der Waals surface area contributed by atoms with Gasteiger partial charge in [-0.3, -0.25) is 0 Å². The number of ketones is 1. The summed E-state index contributed by atoms with van der Waals surface area (Å²) in [5, 5.41) is 0. The first kappa shape index (κ1) is 17.9. The number of rotatable bonds is 7. The Balaban J connectivity index is 2.36. The number of unbranched alkanes of at least 4 members (excludes halogenated alkanes) is 1. The van der Waals surface area contributed by atoms with Crippen molar-refractivity contribution in [2.75, 3.05) is 0 Å². The molecule has 0 aliphatic rings. The molecule has 0 aliphatic heterocycles. The molecule has 0 aromatic heterocycles. The summed E-state index contributed by atoms with van der Waals surface area (Å²) in [5.74, 6) is 0.223. The minimum absolute atomic E-state index is 0.223. The Kier molecular flexibility index (Phi) is 7.02. The predicted octanol–water partition coefficient (Wildman–Crippen LogP) is 4.12. The topological polar surface area (TPSA) is 29.4 Å². The van der Waals surface area contributed by atoms with E-state index in [0.29, 0.717) is 6.42 Å². The van der Waals surface area contributed by atoms with Crippen molar-refractivity contribution in [1.29, 1.82) is 0 Å². The number of aryl methyl sites for hydroxylation is 2. The summed E-state index contributed by atoms with van der Waals surface area (Å²) in [6.07, 6.45) is 2.58. The number of para-hydroxylation sites is 1. The molecule has 0 N–H and O–H groups in total. The molecule has 0 spiro atoms. The van der Waals surface area contributed by atoms with E-state index in [1.807, 2.05) is 24.3 Å². The second-order valence-corrected chi connectivity index (χ2v) is 8.63. The maximum absolute atomic E-state index is 12.6. The van der Waals surface area contributed by atoms with Crippen LogP contribution in [0.2, 0.25) is 0 Å². The second kappa shape index (κ2) is 9.01. The number of aliphatic imine (C=N–C) groups is 1. The van der Waals surface area contributed by atoms with Gasteiger partial charge in [-0.15, -0.1) is 0 Å². The molecule has 23 heavy (non-hydrogen) atoms. The van der Waals surface area contributed by atoms with E-state index in [9.17, 15) is 4.79 Å². The molecule has 3 heteroatoms. The van der Waals surface area contributed by atoms with Crippen LogP contribution in [-0.2, 0) is 4.79 Å². The monoisotopic (exact) mass is 423 g/mol. The molecule has 0 saturated carbocycles. The van der Waals surface area contributed by atoms with Gasteiger partial charge in [0.15, 0.2) is 0 Å². The Hall–Kier alpha value is -1.43. The minimum atomic E-state index is -0.756. The summed E-state index contributed by atoms with van der Waals surface area (Å²) < 4.78 is 2.06. The Bertz CT molecular complexity index is 672. The van der Waals surface area contributed by atoms with Crippen LogP contribution in [0, 0.1) is 13.8 Å². The van der Waals surface area contributed by atoms with Crippen LogP contribution in [0.5, 0.6) is 0 Å². The van der Waals surface area contributed by atoms with Crippen molar-refractivity contribution < 1.29 is 4.79 Å². The third kappa shape index (κ3) is 5.30. The van der Waals surface area contributed by atoms with Crippen LogP contribution in [0.4, 0.5) is 5.69 Å². The van der Waals surface area contributed by atoms with Gasteiger partial charge in [-0.2, -0.15) is 0 Å². The molecule has 0 amide bonds. The Labute approximate surface area is 149 Å². The van der Waals surface area contributed by atoms with Crippen molar-refractivity contribution in [2.45, 2.75) is 40.0 Å². The average molecular weight is 421 g/mol. The number of hydrogen-bond donors (Lipinski definition) is 0. The Morgan fingerprint density at radius 3 is 2.26 bits per heavy atom. The first-order chi connectivity index (χ1) is 11.1. The molecule has 120 valence electrons. The molecule has 2 aromatic rings. The third-order valence-electron chi connectivity index (χ3n) is 3.61. The van der Waals surface area contributed by atoms with Crippen LogP contribution in [0.1, 0.15) is 37.3 Å². The molecular weight excluding hydrogens is 398 g/mol. The summed E-state index contributed by atoms with van der Waals surface area (Å²) in [6.45, 7) is 6.23. The van der Waals surface area contributed by atoms with E-state index in [2.05, 4.69) is 45.0 Å². The molecule has 2 aromatic carbocycles. The van der Waals surface area contributed by atoms with Gasteiger partial charge < -0.3 is 0 Å².